The molecule has 10 nitrogen and oxygen atoms in total. The van der Waals surface area contributed by atoms with Gasteiger partial charge in [-0.1, -0.05) is 61.6 Å². The monoisotopic (exact) mass is 608 g/mol. The Bertz CT molecular complexity index is 1580. The molecule has 2 atom stereocenters. The van der Waals surface area contributed by atoms with Crippen molar-refractivity contribution in [3.63, 3.8) is 0 Å². The standard InChI is InChI=1S/C30H36N6O4S2/c1-5-19(3)31-25(37)17-41-29-33-23-13-9-7-11-21(23)27(39)35(29)15-16-36-28(40)22-12-8-10-14-24(22)34-30(36)42-18-26(38)32-20(4)6-2/h7-14,19-20H,5-6,15-18H2,1-4H3,(H,31,37)(H,32,38)/t19-,20-/m1/s1. The Morgan fingerprint density at radius 3 is 1.48 bits per heavy atom. The number of para-hydroxylation sites is 2. The number of hydrogen-bond donors (Lipinski definition) is 2. The average Bonchev–Trinajstić information content (AvgIpc) is 2.99. The van der Waals surface area contributed by atoms with Gasteiger partial charge in [-0.2, -0.15) is 0 Å². The highest BCUT2D eigenvalue weighted by Gasteiger charge is 2.18. The number of carbonyl (C=O) groups is 2. The van der Waals surface area contributed by atoms with E-state index in [2.05, 4.69) is 10.6 Å². The fourth-order valence-corrected chi connectivity index (χ4v) is 5.88. The Morgan fingerprint density at radius 1 is 0.714 bits per heavy atom. The number of nitrogens with one attached hydrogen (secondary N) is 2. The second kappa shape index (κ2) is 14.5. The first kappa shape index (κ1) is 31.3. The summed E-state index contributed by atoms with van der Waals surface area (Å²) >= 11 is 2.37. The molecule has 0 spiro atoms. The van der Waals surface area contributed by atoms with E-state index in [0.717, 1.165) is 12.8 Å². The highest BCUT2D eigenvalue weighted by Crippen LogP contribution is 2.20. The summed E-state index contributed by atoms with van der Waals surface area (Å²) in [5.74, 6) is -0.0990. The molecule has 0 radical (unpaired) electrons. The van der Waals surface area contributed by atoms with Gasteiger partial charge >= 0.3 is 0 Å². The molecule has 2 N–H and O–H groups in total. The first-order valence-electron chi connectivity index (χ1n) is 14.0. The minimum absolute atomic E-state index is 0.0420. The molecule has 0 saturated heterocycles. The number of amides is 2. The molecule has 42 heavy (non-hydrogen) atoms. The number of nitrogens with zero attached hydrogens (tertiary/aromatic N) is 4. The van der Waals surface area contributed by atoms with E-state index in [4.69, 9.17) is 9.97 Å². The van der Waals surface area contributed by atoms with Gasteiger partial charge in [-0.05, 0) is 51.0 Å². The zero-order valence-electron chi connectivity index (χ0n) is 24.3. The number of fused-ring (bicyclic) bond motifs is 2. The van der Waals surface area contributed by atoms with Crippen LogP contribution in [0.2, 0.25) is 0 Å². The first-order valence-corrected chi connectivity index (χ1v) is 16.0. The van der Waals surface area contributed by atoms with Crippen LogP contribution in [0.25, 0.3) is 21.8 Å². The van der Waals surface area contributed by atoms with Gasteiger partial charge in [-0.15, -0.1) is 0 Å². The molecule has 4 aromatic rings. The molecule has 0 saturated carbocycles. The Labute approximate surface area is 252 Å². The minimum atomic E-state index is -0.255. The number of carbonyl (C=O) groups excluding carboxylic acids is 2. The Kier molecular flexibility index (Phi) is 10.8. The first-order chi connectivity index (χ1) is 20.2. The summed E-state index contributed by atoms with van der Waals surface area (Å²) in [5, 5.41) is 7.55. The molecule has 4 rings (SSSR count). The molecule has 2 aromatic carbocycles. The average molecular weight is 609 g/mol. The van der Waals surface area contributed by atoms with Crippen molar-refractivity contribution in [1.29, 1.82) is 0 Å². The Balaban J connectivity index is 1.67. The molecule has 0 aliphatic heterocycles. The highest BCUT2D eigenvalue weighted by molar-refractivity contribution is 8.00. The molecule has 2 aromatic heterocycles. The summed E-state index contributed by atoms with van der Waals surface area (Å²) in [6.07, 6.45) is 1.62. The quantitative estimate of drug-likeness (QED) is 0.173. The molecule has 0 unspecified atom stereocenters. The number of benzene rings is 2. The van der Waals surface area contributed by atoms with Crippen molar-refractivity contribution in [2.24, 2.45) is 0 Å². The van der Waals surface area contributed by atoms with Crippen molar-refractivity contribution in [3.05, 3.63) is 69.2 Å². The van der Waals surface area contributed by atoms with E-state index in [0.29, 0.717) is 32.1 Å². The van der Waals surface area contributed by atoms with Gasteiger partial charge in [0, 0.05) is 25.2 Å². The van der Waals surface area contributed by atoms with Crippen LogP contribution in [0, 0.1) is 0 Å². The lowest BCUT2D eigenvalue weighted by Gasteiger charge is -2.17. The predicted molar refractivity (Wildman–Crippen MR) is 169 cm³/mol. The van der Waals surface area contributed by atoms with Gasteiger partial charge in [0.15, 0.2) is 10.3 Å². The van der Waals surface area contributed by atoms with Crippen molar-refractivity contribution >= 4 is 57.1 Å². The van der Waals surface area contributed by atoms with Crippen LogP contribution in [-0.4, -0.2) is 54.5 Å². The SMILES string of the molecule is CC[C@@H](C)NC(=O)CSc1nc2ccccc2c(=O)n1CCn1c(SCC(=O)N[C@H](C)CC)nc2ccccc2c1=O. The van der Waals surface area contributed by atoms with E-state index in [9.17, 15) is 19.2 Å². The van der Waals surface area contributed by atoms with Crippen LogP contribution in [0.3, 0.4) is 0 Å². The van der Waals surface area contributed by atoms with Gasteiger partial charge < -0.3 is 10.6 Å². The summed E-state index contributed by atoms with van der Waals surface area (Å²) in [6, 6.07) is 14.2. The van der Waals surface area contributed by atoms with E-state index in [1.807, 2.05) is 39.8 Å². The number of aromatic nitrogens is 4. The van der Waals surface area contributed by atoms with Crippen LogP contribution in [0.15, 0.2) is 68.4 Å². The van der Waals surface area contributed by atoms with Crippen molar-refractivity contribution in [2.45, 2.75) is 76.0 Å². The molecule has 0 bridgehead atoms. The number of rotatable bonds is 13. The predicted octanol–water partition coefficient (Wildman–Crippen LogP) is 3.82. The Hall–Kier alpha value is -3.64. The van der Waals surface area contributed by atoms with E-state index in [-0.39, 0.29) is 59.6 Å². The third-order valence-corrected chi connectivity index (χ3v) is 8.86. The van der Waals surface area contributed by atoms with Crippen LogP contribution in [-0.2, 0) is 22.7 Å². The maximum Gasteiger partial charge on any atom is 0.262 e. The van der Waals surface area contributed by atoms with Crippen molar-refractivity contribution in [3.8, 4) is 0 Å². The molecule has 12 heteroatoms. The van der Waals surface area contributed by atoms with Crippen LogP contribution < -0.4 is 21.8 Å². The van der Waals surface area contributed by atoms with E-state index in [1.165, 1.54) is 32.7 Å². The smallest absolute Gasteiger partial charge is 0.262 e. The van der Waals surface area contributed by atoms with E-state index in [1.54, 1.807) is 36.4 Å². The van der Waals surface area contributed by atoms with Gasteiger partial charge in [-0.25, -0.2) is 9.97 Å². The lowest BCUT2D eigenvalue weighted by atomic mass is 10.2. The minimum Gasteiger partial charge on any atom is -0.353 e. The maximum absolute atomic E-state index is 13.6. The van der Waals surface area contributed by atoms with Gasteiger partial charge in [0.05, 0.1) is 33.3 Å². The molecule has 222 valence electrons. The fraction of sp³-hybridized carbons (Fsp3) is 0.400. The second-order valence-corrected chi connectivity index (χ2v) is 12.0. The fourth-order valence-electron chi connectivity index (χ4n) is 4.21. The molecule has 0 aliphatic rings. The molecular formula is C30H36N6O4S2. The van der Waals surface area contributed by atoms with E-state index >= 15 is 0 Å². The van der Waals surface area contributed by atoms with Gasteiger partial charge in [0.25, 0.3) is 11.1 Å². The Morgan fingerprint density at radius 2 is 1.10 bits per heavy atom. The topological polar surface area (TPSA) is 128 Å². The third-order valence-electron chi connectivity index (χ3n) is 6.90. The van der Waals surface area contributed by atoms with Crippen molar-refractivity contribution < 1.29 is 9.59 Å². The lowest BCUT2D eigenvalue weighted by Crippen LogP contribution is -2.34. The summed E-state index contributed by atoms with van der Waals surface area (Å²) in [5.41, 5.74) is 0.567. The summed E-state index contributed by atoms with van der Waals surface area (Å²) in [7, 11) is 0. The van der Waals surface area contributed by atoms with E-state index < -0.39 is 0 Å². The van der Waals surface area contributed by atoms with Crippen LogP contribution in [0.5, 0.6) is 0 Å². The molecule has 2 heterocycles. The summed E-state index contributed by atoms with van der Waals surface area (Å²) < 4.78 is 3.02. The zero-order valence-corrected chi connectivity index (χ0v) is 25.9. The van der Waals surface area contributed by atoms with Gasteiger partial charge in [-0.3, -0.25) is 28.3 Å². The zero-order chi connectivity index (χ0) is 30.2. The maximum atomic E-state index is 13.6. The third kappa shape index (κ3) is 7.60. The molecular weight excluding hydrogens is 573 g/mol. The normalized spacial score (nSPS) is 12.8. The number of hydrogen-bond acceptors (Lipinski definition) is 8. The van der Waals surface area contributed by atoms with Crippen LogP contribution >= 0.6 is 23.5 Å². The molecule has 2 amide bonds. The van der Waals surface area contributed by atoms with Gasteiger partial charge in [0.2, 0.25) is 11.8 Å². The summed E-state index contributed by atoms with van der Waals surface area (Å²) in [6.45, 7) is 8.11. The number of thioether (sulfide) groups is 2. The summed E-state index contributed by atoms with van der Waals surface area (Å²) in [4.78, 5) is 61.7. The molecule has 0 aliphatic carbocycles. The van der Waals surface area contributed by atoms with Crippen LogP contribution in [0.4, 0.5) is 0 Å². The highest BCUT2D eigenvalue weighted by atomic mass is 32.2. The van der Waals surface area contributed by atoms with Gasteiger partial charge in [0.1, 0.15) is 0 Å². The van der Waals surface area contributed by atoms with Crippen LogP contribution in [0.1, 0.15) is 40.5 Å². The lowest BCUT2D eigenvalue weighted by molar-refractivity contribution is -0.120. The van der Waals surface area contributed by atoms with Crippen molar-refractivity contribution in [2.75, 3.05) is 11.5 Å². The molecule has 0 fully saturated rings. The largest absolute Gasteiger partial charge is 0.353 e. The second-order valence-electron chi connectivity index (χ2n) is 10.1. The van der Waals surface area contributed by atoms with Crippen molar-refractivity contribution in [1.82, 2.24) is 29.7 Å².